The number of benzene rings is 1. The van der Waals surface area contributed by atoms with Crippen LogP contribution in [-0.4, -0.2) is 30.6 Å². The quantitative estimate of drug-likeness (QED) is 0.447. The Bertz CT molecular complexity index is 557. The number of hydrazone groups is 1. The summed E-state index contributed by atoms with van der Waals surface area (Å²) in [5, 5.41) is 8.11. The van der Waals surface area contributed by atoms with E-state index in [1.54, 1.807) is 6.21 Å². The Kier molecular flexibility index (Phi) is 7.82. The van der Waals surface area contributed by atoms with Crippen molar-refractivity contribution in [2.75, 3.05) is 13.2 Å². The van der Waals surface area contributed by atoms with Crippen molar-refractivity contribution in [1.29, 1.82) is 0 Å². The third-order valence-corrected chi connectivity index (χ3v) is 4.10. The summed E-state index contributed by atoms with van der Waals surface area (Å²) >= 11 is 5.29. The van der Waals surface area contributed by atoms with E-state index in [2.05, 4.69) is 15.8 Å². The van der Waals surface area contributed by atoms with Gasteiger partial charge in [0.15, 0.2) is 16.6 Å². The van der Waals surface area contributed by atoms with Gasteiger partial charge in [-0.3, -0.25) is 5.43 Å². The maximum atomic E-state index is 5.61. The molecule has 1 aromatic carbocycles. The van der Waals surface area contributed by atoms with Gasteiger partial charge in [0.1, 0.15) is 0 Å². The first kappa shape index (κ1) is 18.5. The van der Waals surface area contributed by atoms with Crippen molar-refractivity contribution in [3.05, 3.63) is 23.8 Å². The van der Waals surface area contributed by atoms with Gasteiger partial charge in [-0.25, -0.2) is 0 Å². The summed E-state index contributed by atoms with van der Waals surface area (Å²) in [5.74, 6) is 1.48. The van der Waals surface area contributed by atoms with Gasteiger partial charge in [0, 0.05) is 6.04 Å². The molecule has 2 N–H and O–H groups in total. The van der Waals surface area contributed by atoms with E-state index < -0.39 is 0 Å². The molecule has 0 atom stereocenters. The smallest absolute Gasteiger partial charge is 0.187 e. The highest BCUT2D eigenvalue weighted by atomic mass is 32.1. The molecule has 0 bridgehead atoms. The summed E-state index contributed by atoms with van der Waals surface area (Å²) in [6, 6.07) is 6.23. The standard InChI is InChI=1S/C18H27N3O2S/c1-3-22-16-11-10-14(12-17(16)23-4-2)13-19-21-18(24)20-15-8-6-5-7-9-15/h10-13,15H,3-9H2,1-2H3,(H2,20,21,24)/b19-13+. The van der Waals surface area contributed by atoms with Gasteiger partial charge >= 0.3 is 0 Å². The Morgan fingerprint density at radius 3 is 2.58 bits per heavy atom. The van der Waals surface area contributed by atoms with Crippen LogP contribution < -0.4 is 20.2 Å². The van der Waals surface area contributed by atoms with Gasteiger partial charge in [-0.1, -0.05) is 19.3 Å². The van der Waals surface area contributed by atoms with E-state index in [-0.39, 0.29) is 0 Å². The Hall–Kier alpha value is -1.82. The summed E-state index contributed by atoms with van der Waals surface area (Å²) in [5.41, 5.74) is 3.81. The molecule has 132 valence electrons. The SMILES string of the molecule is CCOc1ccc(/C=N/NC(=S)NC2CCCCC2)cc1OCC. The van der Waals surface area contributed by atoms with Gasteiger partial charge < -0.3 is 14.8 Å². The Morgan fingerprint density at radius 1 is 1.17 bits per heavy atom. The number of rotatable bonds is 7. The van der Waals surface area contributed by atoms with Crippen molar-refractivity contribution < 1.29 is 9.47 Å². The summed E-state index contributed by atoms with van der Waals surface area (Å²) < 4.78 is 11.2. The third-order valence-electron chi connectivity index (χ3n) is 3.89. The number of ether oxygens (including phenoxy) is 2. The molecule has 1 saturated carbocycles. The topological polar surface area (TPSA) is 54.9 Å². The van der Waals surface area contributed by atoms with E-state index in [1.165, 1.54) is 32.1 Å². The summed E-state index contributed by atoms with van der Waals surface area (Å²) in [6.45, 7) is 5.10. The molecule has 0 amide bonds. The molecule has 2 rings (SSSR count). The lowest BCUT2D eigenvalue weighted by molar-refractivity contribution is 0.288. The molecular formula is C18H27N3O2S. The molecule has 0 heterocycles. The fraction of sp³-hybridized carbons (Fsp3) is 0.556. The third kappa shape index (κ3) is 6.00. The van der Waals surface area contributed by atoms with Crippen LogP contribution in [0, 0.1) is 0 Å². The van der Waals surface area contributed by atoms with E-state index in [9.17, 15) is 0 Å². The van der Waals surface area contributed by atoms with E-state index in [4.69, 9.17) is 21.7 Å². The normalized spacial score (nSPS) is 15.2. The van der Waals surface area contributed by atoms with Crippen LogP contribution in [0.3, 0.4) is 0 Å². The minimum absolute atomic E-state index is 0.476. The second-order valence-electron chi connectivity index (χ2n) is 5.75. The fourth-order valence-electron chi connectivity index (χ4n) is 2.78. The Morgan fingerprint density at radius 2 is 1.88 bits per heavy atom. The maximum absolute atomic E-state index is 5.61. The van der Waals surface area contributed by atoms with Crippen LogP contribution in [0.4, 0.5) is 0 Å². The number of thiocarbonyl (C=S) groups is 1. The Labute approximate surface area is 149 Å². The molecule has 0 spiro atoms. The summed E-state index contributed by atoms with van der Waals surface area (Å²) in [6.07, 6.45) is 7.97. The first-order chi connectivity index (χ1) is 11.7. The van der Waals surface area contributed by atoms with Gasteiger partial charge in [0.2, 0.25) is 0 Å². The molecular weight excluding hydrogens is 322 g/mol. The van der Waals surface area contributed by atoms with Gasteiger partial charge in [-0.15, -0.1) is 0 Å². The lowest BCUT2D eigenvalue weighted by Crippen LogP contribution is -2.40. The van der Waals surface area contributed by atoms with Crippen molar-refractivity contribution in [3.63, 3.8) is 0 Å². The van der Waals surface area contributed by atoms with Crippen LogP contribution in [0.5, 0.6) is 11.5 Å². The van der Waals surface area contributed by atoms with Crippen molar-refractivity contribution in [2.24, 2.45) is 5.10 Å². The molecule has 0 saturated heterocycles. The highest BCUT2D eigenvalue weighted by Gasteiger charge is 2.13. The monoisotopic (exact) mass is 349 g/mol. The molecule has 5 nitrogen and oxygen atoms in total. The summed E-state index contributed by atoms with van der Waals surface area (Å²) in [4.78, 5) is 0. The highest BCUT2D eigenvalue weighted by molar-refractivity contribution is 7.80. The zero-order valence-corrected chi connectivity index (χ0v) is 15.3. The van der Waals surface area contributed by atoms with Crippen LogP contribution in [0.2, 0.25) is 0 Å². The lowest BCUT2D eigenvalue weighted by atomic mass is 9.96. The average Bonchev–Trinajstić information content (AvgIpc) is 2.58. The second kappa shape index (κ2) is 10.1. The van der Waals surface area contributed by atoms with E-state index in [1.807, 2.05) is 32.0 Å². The fourth-order valence-corrected chi connectivity index (χ4v) is 3.00. The van der Waals surface area contributed by atoms with Crippen molar-refractivity contribution in [3.8, 4) is 11.5 Å². The van der Waals surface area contributed by atoms with Gasteiger partial charge in [-0.2, -0.15) is 5.10 Å². The van der Waals surface area contributed by atoms with Gasteiger partial charge in [0.25, 0.3) is 0 Å². The number of nitrogens with one attached hydrogen (secondary N) is 2. The van der Waals surface area contributed by atoms with E-state index in [0.29, 0.717) is 24.4 Å². The highest BCUT2D eigenvalue weighted by Crippen LogP contribution is 2.27. The second-order valence-corrected chi connectivity index (χ2v) is 6.16. The first-order valence-electron chi connectivity index (χ1n) is 8.72. The number of nitrogens with zero attached hydrogens (tertiary/aromatic N) is 1. The van der Waals surface area contributed by atoms with Gasteiger partial charge in [-0.05, 0) is 62.7 Å². The first-order valence-corrected chi connectivity index (χ1v) is 9.13. The predicted molar refractivity (Wildman–Crippen MR) is 102 cm³/mol. The summed E-state index contributed by atoms with van der Waals surface area (Å²) in [7, 11) is 0. The van der Waals surface area contributed by atoms with Crippen molar-refractivity contribution in [2.45, 2.75) is 52.0 Å². The largest absolute Gasteiger partial charge is 0.490 e. The molecule has 1 aromatic rings. The molecule has 6 heteroatoms. The van der Waals surface area contributed by atoms with Crippen molar-refractivity contribution in [1.82, 2.24) is 10.7 Å². The predicted octanol–water partition coefficient (Wildman–Crippen LogP) is 3.61. The van der Waals surface area contributed by atoms with Crippen molar-refractivity contribution >= 4 is 23.5 Å². The Balaban J connectivity index is 1.88. The lowest BCUT2D eigenvalue weighted by Gasteiger charge is -2.23. The van der Waals surface area contributed by atoms with Crippen LogP contribution in [0.25, 0.3) is 0 Å². The average molecular weight is 350 g/mol. The minimum Gasteiger partial charge on any atom is -0.490 e. The minimum atomic E-state index is 0.476. The molecule has 1 fully saturated rings. The number of hydrogen-bond donors (Lipinski definition) is 2. The molecule has 0 unspecified atom stereocenters. The van der Waals surface area contributed by atoms with E-state index in [0.717, 1.165) is 17.1 Å². The molecule has 1 aliphatic carbocycles. The molecule has 1 aliphatic rings. The molecule has 0 radical (unpaired) electrons. The van der Waals surface area contributed by atoms with Crippen LogP contribution in [0.15, 0.2) is 23.3 Å². The van der Waals surface area contributed by atoms with Gasteiger partial charge in [0.05, 0.1) is 19.4 Å². The molecule has 0 aliphatic heterocycles. The number of hydrogen-bond acceptors (Lipinski definition) is 4. The van der Waals surface area contributed by atoms with Crippen LogP contribution >= 0.6 is 12.2 Å². The van der Waals surface area contributed by atoms with E-state index >= 15 is 0 Å². The van der Waals surface area contributed by atoms with Crippen LogP contribution in [0.1, 0.15) is 51.5 Å². The zero-order valence-electron chi connectivity index (χ0n) is 14.5. The zero-order chi connectivity index (χ0) is 17.2. The van der Waals surface area contributed by atoms with Crippen LogP contribution in [-0.2, 0) is 0 Å². The molecule has 0 aromatic heterocycles. The molecule has 24 heavy (non-hydrogen) atoms. The maximum Gasteiger partial charge on any atom is 0.187 e.